The van der Waals surface area contributed by atoms with Crippen LogP contribution in [0.5, 0.6) is 5.75 Å². The number of hydrogen-bond acceptors (Lipinski definition) is 3. The quantitative estimate of drug-likeness (QED) is 0.704. The average molecular weight is 383 g/mol. The molecule has 5 heteroatoms. The lowest BCUT2D eigenvalue weighted by atomic mass is 9.80. The molecule has 0 saturated carbocycles. The highest BCUT2D eigenvalue weighted by molar-refractivity contribution is 6.55. The maximum atomic E-state index is 13.4. The van der Waals surface area contributed by atoms with Crippen LogP contribution in [0.1, 0.15) is 51.2 Å². The number of benzene rings is 2. The number of hydrogen-bond donors (Lipinski definition) is 0. The van der Waals surface area contributed by atoms with Gasteiger partial charge >= 0.3 is 0 Å². The molecular weight excluding hydrogens is 360 g/mol. The van der Waals surface area contributed by atoms with E-state index in [1.165, 1.54) is 0 Å². The molecule has 0 aromatic heterocycles. The van der Waals surface area contributed by atoms with Crippen LogP contribution >= 0.6 is 11.6 Å². The molecule has 0 saturated heterocycles. The highest BCUT2D eigenvalue weighted by Gasteiger charge is 2.48. The van der Waals surface area contributed by atoms with Gasteiger partial charge in [-0.25, -0.2) is 4.99 Å². The SMILES string of the molecule is CCOc1cc2c3c(c1)C(C)CC(C)(C)N3C(=O)C2=Nc1ccc(Cl)cc1. The van der Waals surface area contributed by atoms with Gasteiger partial charge in [0.2, 0.25) is 0 Å². The minimum Gasteiger partial charge on any atom is -0.494 e. The third-order valence-electron chi connectivity index (χ3n) is 5.32. The Hall–Kier alpha value is -2.33. The van der Waals surface area contributed by atoms with Crippen molar-refractivity contribution in [3.8, 4) is 5.75 Å². The number of amides is 1. The van der Waals surface area contributed by atoms with Gasteiger partial charge < -0.3 is 9.64 Å². The van der Waals surface area contributed by atoms with E-state index in [4.69, 9.17) is 21.3 Å². The molecule has 1 amide bonds. The fraction of sp³-hybridized carbons (Fsp3) is 0.364. The van der Waals surface area contributed by atoms with Gasteiger partial charge in [0.1, 0.15) is 11.5 Å². The van der Waals surface area contributed by atoms with E-state index >= 15 is 0 Å². The van der Waals surface area contributed by atoms with Gasteiger partial charge in [-0.05, 0) is 75.1 Å². The second-order valence-electron chi connectivity index (χ2n) is 7.84. The smallest absolute Gasteiger partial charge is 0.278 e. The Bertz CT molecular complexity index is 948. The first kappa shape index (κ1) is 18.1. The summed E-state index contributed by atoms with van der Waals surface area (Å²) in [7, 11) is 0. The average Bonchev–Trinajstić information content (AvgIpc) is 2.88. The summed E-state index contributed by atoms with van der Waals surface area (Å²) in [6.07, 6.45) is 0.898. The Kier molecular flexibility index (Phi) is 4.26. The molecule has 0 spiro atoms. The molecular formula is C22H23ClN2O2. The van der Waals surface area contributed by atoms with Gasteiger partial charge in [-0.2, -0.15) is 0 Å². The molecule has 2 aromatic carbocycles. The molecule has 2 aliphatic rings. The van der Waals surface area contributed by atoms with Crippen molar-refractivity contribution in [1.82, 2.24) is 0 Å². The minimum atomic E-state index is -0.261. The fourth-order valence-corrected chi connectivity index (χ4v) is 4.41. The van der Waals surface area contributed by atoms with Gasteiger partial charge in [0, 0.05) is 16.1 Å². The van der Waals surface area contributed by atoms with Crippen molar-refractivity contribution in [2.75, 3.05) is 11.5 Å². The summed E-state index contributed by atoms with van der Waals surface area (Å²) in [4.78, 5) is 20.0. The third kappa shape index (κ3) is 2.92. The van der Waals surface area contributed by atoms with Gasteiger partial charge in [-0.1, -0.05) is 18.5 Å². The van der Waals surface area contributed by atoms with E-state index in [-0.39, 0.29) is 11.4 Å². The Labute approximate surface area is 164 Å². The predicted molar refractivity (Wildman–Crippen MR) is 110 cm³/mol. The van der Waals surface area contributed by atoms with Crippen molar-refractivity contribution >= 4 is 34.6 Å². The zero-order valence-electron chi connectivity index (χ0n) is 16.0. The van der Waals surface area contributed by atoms with Gasteiger partial charge in [0.05, 0.1) is 18.0 Å². The van der Waals surface area contributed by atoms with Crippen LogP contribution in [0.4, 0.5) is 11.4 Å². The highest BCUT2D eigenvalue weighted by atomic mass is 35.5. The number of carbonyl (C=O) groups excluding carboxylic acids is 1. The van der Waals surface area contributed by atoms with E-state index in [9.17, 15) is 4.79 Å². The molecule has 2 aliphatic heterocycles. The Morgan fingerprint density at radius 3 is 2.63 bits per heavy atom. The van der Waals surface area contributed by atoms with Crippen LogP contribution in [0.15, 0.2) is 41.4 Å². The van der Waals surface area contributed by atoms with Crippen molar-refractivity contribution in [3.63, 3.8) is 0 Å². The Morgan fingerprint density at radius 1 is 1.26 bits per heavy atom. The summed E-state index contributed by atoms with van der Waals surface area (Å²) in [5.41, 5.74) is 3.92. The van der Waals surface area contributed by atoms with E-state index in [0.717, 1.165) is 29.0 Å². The fourth-order valence-electron chi connectivity index (χ4n) is 4.29. The molecule has 140 valence electrons. The third-order valence-corrected chi connectivity index (χ3v) is 5.57. The molecule has 4 rings (SSSR count). The van der Waals surface area contributed by atoms with E-state index < -0.39 is 0 Å². The van der Waals surface area contributed by atoms with Gasteiger partial charge in [-0.15, -0.1) is 0 Å². The van der Waals surface area contributed by atoms with Crippen LogP contribution in [0.3, 0.4) is 0 Å². The van der Waals surface area contributed by atoms with Gasteiger partial charge in [0.25, 0.3) is 5.91 Å². The lowest BCUT2D eigenvalue weighted by Gasteiger charge is -2.43. The summed E-state index contributed by atoms with van der Waals surface area (Å²) in [5, 5.41) is 0.646. The lowest BCUT2D eigenvalue weighted by molar-refractivity contribution is -0.113. The van der Waals surface area contributed by atoms with Crippen molar-refractivity contribution in [3.05, 3.63) is 52.5 Å². The molecule has 0 bridgehead atoms. The molecule has 4 nitrogen and oxygen atoms in total. The Morgan fingerprint density at radius 2 is 1.96 bits per heavy atom. The largest absolute Gasteiger partial charge is 0.494 e. The molecule has 2 aromatic rings. The zero-order chi connectivity index (χ0) is 19.3. The van der Waals surface area contributed by atoms with Crippen LogP contribution in [-0.2, 0) is 4.79 Å². The van der Waals surface area contributed by atoms with Crippen LogP contribution < -0.4 is 9.64 Å². The van der Waals surface area contributed by atoms with Crippen LogP contribution in [-0.4, -0.2) is 23.8 Å². The topological polar surface area (TPSA) is 41.9 Å². The predicted octanol–water partition coefficient (Wildman–Crippen LogP) is 5.49. The van der Waals surface area contributed by atoms with E-state index in [1.807, 2.05) is 30.0 Å². The first-order chi connectivity index (χ1) is 12.8. The van der Waals surface area contributed by atoms with E-state index in [1.54, 1.807) is 12.1 Å². The number of nitrogens with zero attached hydrogens (tertiary/aromatic N) is 2. The van der Waals surface area contributed by atoms with Crippen LogP contribution in [0, 0.1) is 0 Å². The van der Waals surface area contributed by atoms with Gasteiger partial charge in [-0.3, -0.25) is 4.79 Å². The summed E-state index contributed by atoms with van der Waals surface area (Å²) in [6, 6.07) is 11.2. The number of ether oxygens (including phenoxy) is 1. The first-order valence-electron chi connectivity index (χ1n) is 9.31. The standard InChI is InChI=1S/C22H23ClN2O2/c1-5-27-16-10-17-13(2)12-22(3,4)25-20(17)18(11-16)19(21(25)26)24-15-8-6-14(23)7-9-15/h6-11,13H,5,12H2,1-4H3. The molecule has 27 heavy (non-hydrogen) atoms. The van der Waals surface area contributed by atoms with Crippen molar-refractivity contribution in [2.24, 2.45) is 4.99 Å². The molecule has 2 heterocycles. The van der Waals surface area contributed by atoms with Crippen LogP contribution in [0.2, 0.25) is 5.02 Å². The zero-order valence-corrected chi connectivity index (χ0v) is 16.8. The Balaban J connectivity index is 1.94. The summed E-state index contributed by atoms with van der Waals surface area (Å²) in [6.45, 7) is 9.00. The van der Waals surface area contributed by atoms with E-state index in [2.05, 4.69) is 26.8 Å². The molecule has 0 radical (unpaired) electrons. The first-order valence-corrected chi connectivity index (χ1v) is 9.69. The number of anilines is 1. The van der Waals surface area contributed by atoms with Crippen molar-refractivity contribution in [1.29, 1.82) is 0 Å². The summed E-state index contributed by atoms with van der Waals surface area (Å²) < 4.78 is 5.78. The van der Waals surface area contributed by atoms with Gasteiger partial charge in [0.15, 0.2) is 0 Å². The second kappa shape index (κ2) is 6.38. The normalized spacial score (nSPS) is 21.5. The highest BCUT2D eigenvalue weighted by Crippen LogP contribution is 2.50. The van der Waals surface area contributed by atoms with Crippen molar-refractivity contribution in [2.45, 2.75) is 45.6 Å². The molecule has 0 fully saturated rings. The number of carbonyl (C=O) groups is 1. The number of aliphatic imine (C=N–C) groups is 1. The maximum Gasteiger partial charge on any atom is 0.278 e. The lowest BCUT2D eigenvalue weighted by Crippen LogP contribution is -2.50. The summed E-state index contributed by atoms with van der Waals surface area (Å²) >= 11 is 5.98. The summed E-state index contributed by atoms with van der Waals surface area (Å²) in [5.74, 6) is 1.08. The molecule has 0 N–H and O–H groups in total. The molecule has 1 unspecified atom stereocenters. The number of halogens is 1. The van der Waals surface area contributed by atoms with Crippen molar-refractivity contribution < 1.29 is 9.53 Å². The minimum absolute atomic E-state index is 0.0493. The number of rotatable bonds is 3. The molecule has 1 atom stereocenters. The molecule has 0 aliphatic carbocycles. The second-order valence-corrected chi connectivity index (χ2v) is 8.27. The van der Waals surface area contributed by atoms with E-state index in [0.29, 0.717) is 28.9 Å². The van der Waals surface area contributed by atoms with Crippen LogP contribution in [0.25, 0.3) is 0 Å². The maximum absolute atomic E-state index is 13.4. The monoisotopic (exact) mass is 382 g/mol.